The molecule has 0 aliphatic carbocycles. The van der Waals surface area contributed by atoms with Crippen LogP contribution in [-0.4, -0.2) is 29.7 Å². The van der Waals surface area contributed by atoms with Crippen molar-refractivity contribution in [2.45, 2.75) is 39.2 Å². The summed E-state index contributed by atoms with van der Waals surface area (Å²) in [6.45, 7) is 4.88. The lowest BCUT2D eigenvalue weighted by molar-refractivity contribution is 0.182. The summed E-state index contributed by atoms with van der Waals surface area (Å²) in [5.41, 5.74) is 2.79. The monoisotopic (exact) mass is 273 g/mol. The minimum atomic E-state index is 0.286. The Morgan fingerprint density at radius 2 is 1.90 bits per heavy atom. The Morgan fingerprint density at radius 3 is 2.55 bits per heavy atom. The normalized spacial score (nSPS) is 12.6. The quantitative estimate of drug-likeness (QED) is 0.838. The Hall–Kier alpha value is -1.68. The second-order valence-corrected chi connectivity index (χ2v) is 5.09. The van der Waals surface area contributed by atoms with Gasteiger partial charge in [-0.15, -0.1) is 0 Å². The van der Waals surface area contributed by atoms with Crippen molar-refractivity contribution in [2.24, 2.45) is 0 Å². The lowest BCUT2D eigenvalue weighted by Gasteiger charge is -2.19. The van der Waals surface area contributed by atoms with Crippen molar-refractivity contribution < 1.29 is 4.74 Å². The van der Waals surface area contributed by atoms with Crippen LogP contribution in [0.2, 0.25) is 0 Å². The summed E-state index contributed by atoms with van der Waals surface area (Å²) >= 11 is 0. The minimum Gasteiger partial charge on any atom is -0.383 e. The van der Waals surface area contributed by atoms with Gasteiger partial charge in [-0.1, -0.05) is 31.9 Å². The molecule has 1 unspecified atom stereocenters. The van der Waals surface area contributed by atoms with Crippen LogP contribution in [-0.2, 0) is 4.74 Å². The standard InChI is InChI=1S/C16H23N3O/c1-4-5-8-13(11-20-3)18-16-12(2)17-14-9-6-7-10-15(14)19-16/h6-7,9-10,13H,4-5,8,11H2,1-3H3,(H,18,19). The lowest BCUT2D eigenvalue weighted by Crippen LogP contribution is -2.26. The summed E-state index contributed by atoms with van der Waals surface area (Å²) in [5.74, 6) is 0.863. The van der Waals surface area contributed by atoms with Crippen molar-refractivity contribution >= 4 is 16.9 Å². The number of anilines is 1. The van der Waals surface area contributed by atoms with Gasteiger partial charge in [0.25, 0.3) is 0 Å². The summed E-state index contributed by atoms with van der Waals surface area (Å²) in [7, 11) is 1.74. The molecule has 1 aromatic heterocycles. The van der Waals surface area contributed by atoms with Gasteiger partial charge in [-0.2, -0.15) is 0 Å². The highest BCUT2D eigenvalue weighted by molar-refractivity contribution is 5.76. The molecule has 2 aromatic rings. The van der Waals surface area contributed by atoms with Crippen molar-refractivity contribution in [3.05, 3.63) is 30.0 Å². The molecule has 0 saturated carbocycles. The van der Waals surface area contributed by atoms with E-state index in [1.165, 1.54) is 12.8 Å². The number of hydrogen-bond donors (Lipinski definition) is 1. The molecule has 20 heavy (non-hydrogen) atoms. The molecule has 0 bridgehead atoms. The smallest absolute Gasteiger partial charge is 0.148 e. The molecule has 4 nitrogen and oxygen atoms in total. The molecule has 1 heterocycles. The van der Waals surface area contributed by atoms with Crippen LogP contribution in [0.4, 0.5) is 5.82 Å². The Bertz CT molecular complexity index is 556. The zero-order valence-corrected chi connectivity index (χ0v) is 12.5. The molecule has 0 fully saturated rings. The van der Waals surface area contributed by atoms with Crippen molar-refractivity contribution in [1.29, 1.82) is 0 Å². The van der Waals surface area contributed by atoms with E-state index in [1.54, 1.807) is 7.11 Å². The van der Waals surface area contributed by atoms with E-state index in [9.17, 15) is 0 Å². The molecule has 1 atom stereocenters. The molecular weight excluding hydrogens is 250 g/mol. The van der Waals surface area contributed by atoms with E-state index in [1.807, 2.05) is 31.2 Å². The molecule has 0 saturated heterocycles. The summed E-state index contributed by atoms with van der Waals surface area (Å²) < 4.78 is 5.29. The predicted octanol–water partition coefficient (Wildman–Crippen LogP) is 3.56. The van der Waals surface area contributed by atoms with Gasteiger partial charge >= 0.3 is 0 Å². The Balaban J connectivity index is 2.19. The first kappa shape index (κ1) is 14.7. The number of aromatic nitrogens is 2. The topological polar surface area (TPSA) is 47.0 Å². The Labute approximate surface area is 120 Å². The maximum Gasteiger partial charge on any atom is 0.148 e. The van der Waals surface area contributed by atoms with Crippen LogP contribution in [0.25, 0.3) is 11.0 Å². The number of unbranched alkanes of at least 4 members (excludes halogenated alkanes) is 1. The third kappa shape index (κ3) is 3.67. The van der Waals surface area contributed by atoms with Gasteiger partial charge in [-0.25, -0.2) is 9.97 Å². The number of fused-ring (bicyclic) bond motifs is 1. The fraction of sp³-hybridized carbons (Fsp3) is 0.500. The lowest BCUT2D eigenvalue weighted by atomic mass is 10.1. The van der Waals surface area contributed by atoms with Gasteiger partial charge in [-0.3, -0.25) is 0 Å². The van der Waals surface area contributed by atoms with Gasteiger partial charge in [-0.05, 0) is 25.5 Å². The first-order chi connectivity index (χ1) is 9.74. The number of nitrogens with one attached hydrogen (secondary N) is 1. The second-order valence-electron chi connectivity index (χ2n) is 5.09. The zero-order valence-electron chi connectivity index (χ0n) is 12.5. The van der Waals surface area contributed by atoms with Crippen molar-refractivity contribution in [3.8, 4) is 0 Å². The van der Waals surface area contributed by atoms with Gasteiger partial charge in [0, 0.05) is 7.11 Å². The summed E-state index contributed by atoms with van der Waals surface area (Å²) in [6, 6.07) is 8.24. The average molecular weight is 273 g/mol. The molecule has 1 N–H and O–H groups in total. The molecular formula is C16H23N3O. The molecule has 0 aliphatic heterocycles. The van der Waals surface area contributed by atoms with Crippen LogP contribution in [0, 0.1) is 6.92 Å². The van der Waals surface area contributed by atoms with Crippen LogP contribution in [0.3, 0.4) is 0 Å². The summed E-state index contributed by atoms with van der Waals surface area (Å²) in [4.78, 5) is 9.28. The van der Waals surface area contributed by atoms with E-state index in [2.05, 4.69) is 22.2 Å². The molecule has 2 rings (SSSR count). The maximum atomic E-state index is 5.29. The van der Waals surface area contributed by atoms with Gasteiger partial charge < -0.3 is 10.1 Å². The van der Waals surface area contributed by atoms with Crippen LogP contribution >= 0.6 is 0 Å². The Morgan fingerprint density at radius 1 is 1.20 bits per heavy atom. The SMILES string of the molecule is CCCCC(COC)Nc1nc2ccccc2nc1C. The third-order valence-electron chi connectivity index (χ3n) is 3.36. The van der Waals surface area contributed by atoms with E-state index in [0.29, 0.717) is 6.61 Å². The number of methoxy groups -OCH3 is 1. The molecule has 0 spiro atoms. The van der Waals surface area contributed by atoms with E-state index in [0.717, 1.165) is 29.0 Å². The first-order valence-corrected chi connectivity index (χ1v) is 7.23. The average Bonchev–Trinajstić information content (AvgIpc) is 2.45. The van der Waals surface area contributed by atoms with Crippen molar-refractivity contribution in [1.82, 2.24) is 9.97 Å². The summed E-state index contributed by atoms with van der Waals surface area (Å²) in [5, 5.41) is 3.48. The number of para-hydroxylation sites is 2. The van der Waals surface area contributed by atoms with Crippen molar-refractivity contribution in [2.75, 3.05) is 19.0 Å². The number of ether oxygens (including phenoxy) is 1. The molecule has 0 radical (unpaired) electrons. The molecule has 108 valence electrons. The third-order valence-corrected chi connectivity index (χ3v) is 3.36. The number of benzene rings is 1. The highest BCUT2D eigenvalue weighted by atomic mass is 16.5. The van der Waals surface area contributed by atoms with Gasteiger partial charge in [0.2, 0.25) is 0 Å². The van der Waals surface area contributed by atoms with E-state index in [-0.39, 0.29) is 6.04 Å². The van der Waals surface area contributed by atoms with Gasteiger partial charge in [0.15, 0.2) is 0 Å². The summed E-state index contributed by atoms with van der Waals surface area (Å²) in [6.07, 6.45) is 3.45. The molecule has 0 aliphatic rings. The predicted molar refractivity (Wildman–Crippen MR) is 83.1 cm³/mol. The highest BCUT2D eigenvalue weighted by Crippen LogP contribution is 2.18. The Kier molecular flexibility index (Phi) is 5.30. The van der Waals surface area contributed by atoms with Crippen LogP contribution in [0.1, 0.15) is 31.9 Å². The van der Waals surface area contributed by atoms with Crippen molar-refractivity contribution in [3.63, 3.8) is 0 Å². The molecule has 4 heteroatoms. The number of hydrogen-bond acceptors (Lipinski definition) is 4. The molecule has 0 amide bonds. The van der Waals surface area contributed by atoms with Gasteiger partial charge in [0.1, 0.15) is 5.82 Å². The number of aryl methyl sites for hydroxylation is 1. The van der Waals surface area contributed by atoms with Crippen LogP contribution in [0.15, 0.2) is 24.3 Å². The van der Waals surface area contributed by atoms with E-state index < -0.39 is 0 Å². The van der Waals surface area contributed by atoms with Crippen LogP contribution in [0.5, 0.6) is 0 Å². The zero-order chi connectivity index (χ0) is 14.4. The maximum absolute atomic E-state index is 5.29. The van der Waals surface area contributed by atoms with E-state index >= 15 is 0 Å². The first-order valence-electron chi connectivity index (χ1n) is 7.23. The minimum absolute atomic E-state index is 0.286. The van der Waals surface area contributed by atoms with Crippen LogP contribution < -0.4 is 5.32 Å². The van der Waals surface area contributed by atoms with E-state index in [4.69, 9.17) is 4.74 Å². The fourth-order valence-electron chi connectivity index (χ4n) is 2.27. The van der Waals surface area contributed by atoms with Gasteiger partial charge in [0.05, 0.1) is 29.4 Å². The largest absolute Gasteiger partial charge is 0.383 e. The fourth-order valence-corrected chi connectivity index (χ4v) is 2.27. The number of nitrogens with zero attached hydrogens (tertiary/aromatic N) is 2. The second kappa shape index (κ2) is 7.20. The highest BCUT2D eigenvalue weighted by Gasteiger charge is 2.11. The number of rotatable bonds is 7. The molecule has 1 aromatic carbocycles.